The Morgan fingerprint density at radius 3 is 1.76 bits per heavy atom. The molecule has 0 heterocycles. The first kappa shape index (κ1) is 20.1. The smallest absolute Gasteiger partial charge is 0.269 e. The number of carbonyl (C=O) groups excluding carboxylic acids is 2. The highest BCUT2D eigenvalue weighted by Gasteiger charge is 2.15. The third-order valence-electron chi connectivity index (χ3n) is 4.06. The number of hydrogen-bond donors (Lipinski definition) is 3. The van der Waals surface area contributed by atoms with E-state index in [-0.39, 0.29) is 10.5 Å². The molecule has 3 N–H and O–H groups in total. The molecule has 0 spiro atoms. The number of rotatable bonds is 5. The Bertz CT molecular complexity index is 1110. The summed E-state index contributed by atoms with van der Waals surface area (Å²) in [5.74, 6) is -1.02. The van der Waals surface area contributed by atoms with Crippen molar-refractivity contribution < 1.29 is 18.0 Å². The molecule has 148 valence electrons. The van der Waals surface area contributed by atoms with Gasteiger partial charge in [0.25, 0.3) is 21.8 Å². The maximum Gasteiger partial charge on any atom is 0.269 e. The Morgan fingerprint density at radius 1 is 0.690 bits per heavy atom. The van der Waals surface area contributed by atoms with E-state index in [1.807, 2.05) is 6.92 Å². The summed E-state index contributed by atoms with van der Waals surface area (Å²) >= 11 is 0. The zero-order valence-electron chi connectivity index (χ0n) is 15.5. The van der Waals surface area contributed by atoms with Crippen molar-refractivity contribution in [3.63, 3.8) is 0 Å². The summed E-state index contributed by atoms with van der Waals surface area (Å²) in [5.41, 5.74) is 6.67. The van der Waals surface area contributed by atoms with Crippen LogP contribution in [-0.4, -0.2) is 20.2 Å². The fourth-order valence-corrected chi connectivity index (χ4v) is 3.53. The molecule has 0 aliphatic heterocycles. The summed E-state index contributed by atoms with van der Waals surface area (Å²) in [6, 6.07) is 20.7. The van der Waals surface area contributed by atoms with Crippen LogP contribution in [0.2, 0.25) is 0 Å². The van der Waals surface area contributed by atoms with Gasteiger partial charge in [0.05, 0.1) is 4.90 Å². The predicted octanol–water partition coefficient (Wildman–Crippen LogP) is 2.87. The topological polar surface area (TPSA) is 104 Å². The van der Waals surface area contributed by atoms with Crippen molar-refractivity contribution in [1.29, 1.82) is 0 Å². The zero-order valence-corrected chi connectivity index (χ0v) is 16.4. The van der Waals surface area contributed by atoms with Gasteiger partial charge < -0.3 is 0 Å². The van der Waals surface area contributed by atoms with Crippen molar-refractivity contribution in [1.82, 2.24) is 10.9 Å². The van der Waals surface area contributed by atoms with E-state index in [1.54, 1.807) is 54.6 Å². The van der Waals surface area contributed by atoms with Crippen LogP contribution in [0, 0.1) is 6.92 Å². The van der Waals surface area contributed by atoms with Gasteiger partial charge in [-0.3, -0.25) is 25.2 Å². The number of hydrazine groups is 1. The second kappa shape index (κ2) is 8.57. The van der Waals surface area contributed by atoms with Crippen molar-refractivity contribution in [3.8, 4) is 0 Å². The first-order valence-electron chi connectivity index (χ1n) is 8.70. The van der Waals surface area contributed by atoms with Crippen molar-refractivity contribution >= 4 is 27.5 Å². The SMILES string of the molecule is Cc1ccc(NS(=O)(=O)c2ccc(C(=O)NNC(=O)c3ccccc3)cc2)cc1. The fraction of sp³-hybridized carbons (Fsp3) is 0.0476. The van der Waals surface area contributed by atoms with E-state index in [9.17, 15) is 18.0 Å². The number of nitrogens with one attached hydrogen (secondary N) is 3. The predicted molar refractivity (Wildman–Crippen MR) is 110 cm³/mol. The van der Waals surface area contributed by atoms with Crippen LogP contribution in [-0.2, 0) is 10.0 Å². The van der Waals surface area contributed by atoms with Gasteiger partial charge in [-0.2, -0.15) is 0 Å². The van der Waals surface area contributed by atoms with E-state index >= 15 is 0 Å². The quantitative estimate of drug-likeness (QED) is 0.564. The lowest BCUT2D eigenvalue weighted by atomic mass is 10.2. The molecule has 0 bridgehead atoms. The van der Waals surface area contributed by atoms with Gasteiger partial charge in [0.15, 0.2) is 0 Å². The minimum absolute atomic E-state index is 0.0166. The molecule has 0 saturated heterocycles. The second-order valence-corrected chi connectivity index (χ2v) is 7.95. The first-order chi connectivity index (χ1) is 13.8. The van der Waals surface area contributed by atoms with Crippen LogP contribution in [0.3, 0.4) is 0 Å². The van der Waals surface area contributed by atoms with Crippen LogP contribution in [0.4, 0.5) is 5.69 Å². The van der Waals surface area contributed by atoms with Crippen molar-refractivity contribution in [2.75, 3.05) is 4.72 Å². The Balaban J connectivity index is 1.63. The Labute approximate surface area is 168 Å². The molecular weight excluding hydrogens is 390 g/mol. The Kier molecular flexibility index (Phi) is 5.94. The molecule has 7 nitrogen and oxygen atoms in total. The highest BCUT2D eigenvalue weighted by Crippen LogP contribution is 2.17. The van der Waals surface area contributed by atoms with E-state index < -0.39 is 21.8 Å². The Hall–Kier alpha value is -3.65. The molecule has 0 aromatic heterocycles. The summed E-state index contributed by atoms with van der Waals surface area (Å²) in [4.78, 5) is 24.1. The normalized spacial score (nSPS) is 10.8. The average molecular weight is 409 g/mol. The molecule has 29 heavy (non-hydrogen) atoms. The number of amides is 2. The summed E-state index contributed by atoms with van der Waals surface area (Å²) in [6.07, 6.45) is 0. The van der Waals surface area contributed by atoms with E-state index in [0.717, 1.165) is 5.56 Å². The van der Waals surface area contributed by atoms with Gasteiger partial charge in [0.2, 0.25) is 0 Å². The molecule has 0 atom stereocenters. The van der Waals surface area contributed by atoms with Crippen molar-refractivity contribution in [3.05, 3.63) is 95.6 Å². The molecule has 0 aliphatic rings. The van der Waals surface area contributed by atoms with Crippen LogP contribution < -0.4 is 15.6 Å². The van der Waals surface area contributed by atoms with Crippen LogP contribution >= 0.6 is 0 Å². The number of anilines is 1. The highest BCUT2D eigenvalue weighted by atomic mass is 32.2. The van der Waals surface area contributed by atoms with Gasteiger partial charge in [-0.15, -0.1) is 0 Å². The average Bonchev–Trinajstić information content (AvgIpc) is 2.74. The third-order valence-corrected chi connectivity index (χ3v) is 5.45. The number of carbonyl (C=O) groups is 2. The lowest BCUT2D eigenvalue weighted by Crippen LogP contribution is -2.41. The van der Waals surface area contributed by atoms with Gasteiger partial charge in [0.1, 0.15) is 0 Å². The largest absolute Gasteiger partial charge is 0.280 e. The second-order valence-electron chi connectivity index (χ2n) is 6.27. The van der Waals surface area contributed by atoms with E-state index in [0.29, 0.717) is 11.3 Å². The molecule has 0 fully saturated rings. The highest BCUT2D eigenvalue weighted by molar-refractivity contribution is 7.92. The molecule has 3 aromatic rings. The van der Waals surface area contributed by atoms with Gasteiger partial charge in [-0.05, 0) is 55.5 Å². The zero-order chi connectivity index (χ0) is 20.9. The molecule has 3 rings (SSSR count). The standard InChI is InChI=1S/C21H19N3O4S/c1-15-7-11-18(12-8-15)24-29(27,28)19-13-9-17(10-14-19)21(26)23-22-20(25)16-5-3-2-4-6-16/h2-14,24H,1H3,(H,22,25)(H,23,26). The van der Waals surface area contributed by atoms with Crippen LogP contribution in [0.15, 0.2) is 83.8 Å². The minimum Gasteiger partial charge on any atom is -0.280 e. The summed E-state index contributed by atoms with van der Waals surface area (Å²) in [7, 11) is -3.78. The van der Waals surface area contributed by atoms with Crippen LogP contribution in [0.1, 0.15) is 26.3 Å². The molecule has 3 aromatic carbocycles. The molecule has 0 aliphatic carbocycles. The first-order valence-corrected chi connectivity index (χ1v) is 10.2. The summed E-state index contributed by atoms with van der Waals surface area (Å²) < 4.78 is 27.4. The monoisotopic (exact) mass is 409 g/mol. The van der Waals surface area contributed by atoms with Gasteiger partial charge >= 0.3 is 0 Å². The maximum atomic E-state index is 12.5. The van der Waals surface area contributed by atoms with Crippen LogP contribution in [0.25, 0.3) is 0 Å². The molecule has 0 saturated carbocycles. The molecule has 0 radical (unpaired) electrons. The molecular formula is C21H19N3O4S. The van der Waals surface area contributed by atoms with Crippen molar-refractivity contribution in [2.45, 2.75) is 11.8 Å². The van der Waals surface area contributed by atoms with Crippen LogP contribution in [0.5, 0.6) is 0 Å². The van der Waals surface area contributed by atoms with E-state index in [1.165, 1.54) is 24.3 Å². The fourth-order valence-electron chi connectivity index (χ4n) is 2.47. The Morgan fingerprint density at radius 2 is 1.21 bits per heavy atom. The molecule has 0 unspecified atom stereocenters. The minimum atomic E-state index is -3.78. The number of benzene rings is 3. The summed E-state index contributed by atoms with van der Waals surface area (Å²) in [5, 5.41) is 0. The summed E-state index contributed by atoms with van der Waals surface area (Å²) in [6.45, 7) is 1.91. The van der Waals surface area contributed by atoms with Gasteiger partial charge in [-0.25, -0.2) is 8.42 Å². The number of aryl methyl sites for hydroxylation is 1. The van der Waals surface area contributed by atoms with E-state index in [4.69, 9.17) is 0 Å². The lowest BCUT2D eigenvalue weighted by molar-refractivity contribution is 0.0846. The molecule has 8 heteroatoms. The van der Waals surface area contributed by atoms with E-state index in [2.05, 4.69) is 15.6 Å². The molecule has 2 amide bonds. The maximum absolute atomic E-state index is 12.5. The number of hydrogen-bond acceptors (Lipinski definition) is 4. The van der Waals surface area contributed by atoms with Gasteiger partial charge in [0, 0.05) is 16.8 Å². The van der Waals surface area contributed by atoms with Gasteiger partial charge in [-0.1, -0.05) is 35.9 Å². The lowest BCUT2D eigenvalue weighted by Gasteiger charge is -2.10. The third kappa shape index (κ3) is 5.20. The number of sulfonamides is 1. The van der Waals surface area contributed by atoms with Crippen molar-refractivity contribution in [2.24, 2.45) is 0 Å².